The standard InChI is InChI=1S/C48H56N2O7S/c1-5-27-54-48-44(50(3)47(53)35-18-17-32-13-7-8-14-33(32)28-35)31-42(49-55-6-2)40-29-34(15-9-11-25-51)39(16-10-12-26-52)45(46(40)48)41-30-37(21-24-43(41)57-48)56-36-19-22-38(58-4)23-20-36/h5,7-8,13-14,17-24,28-30,34,39,44-46,51-52H,1,6,9-12,15-16,25-27,31H2,2-4H3. The van der Waals surface area contributed by atoms with Crippen LogP contribution in [0.15, 0.2) is 119 Å². The van der Waals surface area contributed by atoms with Gasteiger partial charge in [-0.15, -0.1) is 18.3 Å². The van der Waals surface area contributed by atoms with Crippen molar-refractivity contribution >= 4 is 34.2 Å². The molecule has 2 aliphatic carbocycles. The van der Waals surface area contributed by atoms with Crippen molar-refractivity contribution in [2.45, 2.75) is 74.5 Å². The van der Waals surface area contributed by atoms with Gasteiger partial charge < -0.3 is 34.2 Å². The molecule has 9 nitrogen and oxygen atoms in total. The fourth-order valence-corrected chi connectivity index (χ4v) is 9.79. The number of aliphatic hydroxyl groups is 2. The summed E-state index contributed by atoms with van der Waals surface area (Å²) < 4.78 is 20.9. The molecule has 4 aromatic rings. The van der Waals surface area contributed by atoms with Crippen molar-refractivity contribution in [2.75, 3.05) is 39.7 Å². The number of allylic oxidation sites excluding steroid dienone is 1. The Bertz CT molecular complexity index is 2120. The van der Waals surface area contributed by atoms with Crippen molar-refractivity contribution in [3.8, 4) is 17.2 Å². The van der Waals surface area contributed by atoms with E-state index in [4.69, 9.17) is 24.2 Å². The minimum Gasteiger partial charge on any atom is -0.459 e. The van der Waals surface area contributed by atoms with Crippen LogP contribution in [0.25, 0.3) is 10.8 Å². The van der Waals surface area contributed by atoms with Gasteiger partial charge in [-0.1, -0.05) is 60.5 Å². The number of nitrogens with zero attached hydrogens (tertiary/aromatic N) is 2. The topological polar surface area (TPSA) is 110 Å². The Morgan fingerprint density at radius 1 is 0.966 bits per heavy atom. The van der Waals surface area contributed by atoms with Gasteiger partial charge in [0.2, 0.25) is 5.79 Å². The maximum absolute atomic E-state index is 14.7. The summed E-state index contributed by atoms with van der Waals surface area (Å²) in [4.78, 5) is 23.5. The van der Waals surface area contributed by atoms with Gasteiger partial charge in [-0.2, -0.15) is 0 Å². The number of unbranched alkanes of at least 4 members (excludes halogenated alkanes) is 2. The van der Waals surface area contributed by atoms with Crippen molar-refractivity contribution in [1.29, 1.82) is 0 Å². The van der Waals surface area contributed by atoms with E-state index in [1.54, 1.807) is 22.7 Å². The van der Waals surface area contributed by atoms with Crippen molar-refractivity contribution in [2.24, 2.45) is 22.9 Å². The molecule has 10 heteroatoms. The predicted octanol–water partition coefficient (Wildman–Crippen LogP) is 9.78. The Hall–Kier alpha value is -4.61. The highest BCUT2D eigenvalue weighted by Crippen LogP contribution is 2.62. The van der Waals surface area contributed by atoms with Crippen molar-refractivity contribution in [3.63, 3.8) is 0 Å². The van der Waals surface area contributed by atoms with E-state index < -0.39 is 17.7 Å². The fourth-order valence-electron chi connectivity index (χ4n) is 9.38. The van der Waals surface area contributed by atoms with Crippen LogP contribution in [0.5, 0.6) is 17.2 Å². The van der Waals surface area contributed by atoms with E-state index in [1.165, 1.54) is 0 Å². The van der Waals surface area contributed by atoms with Crippen LogP contribution in [0.3, 0.4) is 0 Å². The lowest BCUT2D eigenvalue weighted by atomic mass is 9.55. The van der Waals surface area contributed by atoms with Crippen LogP contribution in [0.4, 0.5) is 0 Å². The molecule has 2 N–H and O–H groups in total. The first-order valence-corrected chi connectivity index (χ1v) is 21.9. The van der Waals surface area contributed by atoms with Gasteiger partial charge in [0, 0.05) is 48.6 Å². The van der Waals surface area contributed by atoms with E-state index in [0.717, 1.165) is 63.9 Å². The first-order valence-electron chi connectivity index (χ1n) is 20.6. The molecular formula is C48H56N2O7S. The van der Waals surface area contributed by atoms with Gasteiger partial charge in [-0.25, -0.2) is 0 Å². The molecule has 1 heterocycles. The number of carbonyl (C=O) groups excluding carboxylic acids is 1. The summed E-state index contributed by atoms with van der Waals surface area (Å²) in [5.41, 5.74) is 3.35. The largest absolute Gasteiger partial charge is 0.459 e. The number of ether oxygens (including phenoxy) is 3. The van der Waals surface area contributed by atoms with E-state index in [2.05, 4.69) is 37.1 Å². The molecule has 58 heavy (non-hydrogen) atoms. The molecule has 0 saturated heterocycles. The molecule has 0 spiro atoms. The van der Waals surface area contributed by atoms with E-state index in [1.807, 2.05) is 80.7 Å². The molecule has 6 atom stereocenters. The second-order valence-corrected chi connectivity index (χ2v) is 16.3. The Morgan fingerprint density at radius 3 is 2.43 bits per heavy atom. The molecule has 0 aromatic heterocycles. The predicted molar refractivity (Wildman–Crippen MR) is 231 cm³/mol. The number of aliphatic hydroxyl groups excluding tert-OH is 2. The highest BCUT2D eigenvalue weighted by atomic mass is 32.2. The lowest BCUT2D eigenvalue weighted by Crippen LogP contribution is -2.69. The summed E-state index contributed by atoms with van der Waals surface area (Å²) in [7, 11) is 1.83. The molecule has 6 unspecified atom stereocenters. The van der Waals surface area contributed by atoms with E-state index in [0.29, 0.717) is 42.9 Å². The molecule has 3 aliphatic rings. The number of amides is 1. The molecular weight excluding hydrogens is 749 g/mol. The van der Waals surface area contributed by atoms with Gasteiger partial charge in [0.1, 0.15) is 29.9 Å². The number of rotatable bonds is 18. The molecule has 1 fully saturated rings. The number of hydrogen-bond acceptors (Lipinski definition) is 9. The van der Waals surface area contributed by atoms with E-state index >= 15 is 0 Å². The second kappa shape index (κ2) is 19.0. The third-order valence-electron chi connectivity index (χ3n) is 12.0. The van der Waals surface area contributed by atoms with Gasteiger partial charge in [-0.3, -0.25) is 4.79 Å². The smallest absolute Gasteiger partial charge is 0.254 e. The number of carbonyl (C=O) groups is 1. The maximum atomic E-state index is 14.7. The third-order valence-corrected chi connectivity index (χ3v) is 12.8. The minimum atomic E-state index is -1.33. The van der Waals surface area contributed by atoms with Gasteiger partial charge in [0.25, 0.3) is 5.91 Å². The minimum absolute atomic E-state index is 0.109. The average molecular weight is 805 g/mol. The normalized spacial score (nSPS) is 24.0. The number of oxime groups is 1. The van der Waals surface area contributed by atoms with E-state index in [-0.39, 0.29) is 43.5 Å². The summed E-state index contributed by atoms with van der Waals surface area (Å²) >= 11 is 1.68. The van der Waals surface area contributed by atoms with Crippen molar-refractivity contribution < 1.29 is 34.1 Å². The molecule has 0 radical (unpaired) electrons. The van der Waals surface area contributed by atoms with Crippen LogP contribution in [-0.2, 0) is 9.57 Å². The first-order chi connectivity index (χ1) is 28.3. The summed E-state index contributed by atoms with van der Waals surface area (Å²) in [5, 5.41) is 26.6. The SMILES string of the molecule is C=CCOC12Oc3ccc(Oc4ccc(SC)cc4)cc3C3C(CCCCO)C(CCCCO)C=C(C(=NOCC)CC1N(C)C(=O)c1ccc4ccccc4c1)C32. The van der Waals surface area contributed by atoms with Crippen LogP contribution in [-0.4, -0.2) is 78.3 Å². The Labute approximate surface area is 346 Å². The molecule has 1 aliphatic heterocycles. The van der Waals surface area contributed by atoms with Crippen LogP contribution in [0.1, 0.15) is 73.7 Å². The quantitative estimate of drug-likeness (QED) is 0.0443. The lowest BCUT2D eigenvalue weighted by Gasteiger charge is -2.59. The fraction of sp³-hybridized carbons (Fsp3) is 0.417. The molecule has 7 rings (SSSR count). The molecule has 0 bridgehead atoms. The number of hydrogen-bond donors (Lipinski definition) is 2. The first kappa shape index (κ1) is 41.5. The molecule has 1 saturated carbocycles. The van der Waals surface area contributed by atoms with Gasteiger partial charge in [0.15, 0.2) is 0 Å². The Balaban J connectivity index is 1.41. The van der Waals surface area contributed by atoms with Gasteiger partial charge in [0.05, 0.1) is 18.2 Å². The molecule has 306 valence electrons. The van der Waals surface area contributed by atoms with Crippen LogP contribution in [0.2, 0.25) is 0 Å². The van der Waals surface area contributed by atoms with Gasteiger partial charge >= 0.3 is 0 Å². The Kier molecular flexibility index (Phi) is 13.6. The van der Waals surface area contributed by atoms with Gasteiger partial charge in [-0.05, 0) is 122 Å². The summed E-state index contributed by atoms with van der Waals surface area (Å²) in [6, 6.07) is 27.3. The van der Waals surface area contributed by atoms with Crippen molar-refractivity contribution in [1.82, 2.24) is 4.90 Å². The average Bonchev–Trinajstić information content (AvgIpc) is 3.25. The van der Waals surface area contributed by atoms with Crippen molar-refractivity contribution in [3.05, 3.63) is 120 Å². The Morgan fingerprint density at radius 2 is 1.71 bits per heavy atom. The molecule has 4 aromatic carbocycles. The zero-order chi connectivity index (χ0) is 40.6. The highest BCUT2D eigenvalue weighted by molar-refractivity contribution is 7.98. The zero-order valence-electron chi connectivity index (χ0n) is 33.8. The second-order valence-electron chi connectivity index (χ2n) is 15.4. The summed E-state index contributed by atoms with van der Waals surface area (Å²) in [6.07, 6.45) is 11.3. The lowest BCUT2D eigenvalue weighted by molar-refractivity contribution is -0.252. The maximum Gasteiger partial charge on any atom is 0.254 e. The number of benzene rings is 4. The third kappa shape index (κ3) is 8.43. The molecule has 1 amide bonds. The van der Waals surface area contributed by atoms with Crippen LogP contribution in [0, 0.1) is 17.8 Å². The number of likely N-dealkylation sites (N-methyl/N-ethyl adjacent to an activating group) is 1. The number of fused-ring (bicyclic) bond motifs is 3. The summed E-state index contributed by atoms with van der Waals surface area (Å²) in [5.74, 6) is 0.333. The highest BCUT2D eigenvalue weighted by Gasteiger charge is 2.65. The van der Waals surface area contributed by atoms with Crippen LogP contribution < -0.4 is 9.47 Å². The monoisotopic (exact) mass is 804 g/mol. The zero-order valence-corrected chi connectivity index (χ0v) is 34.7. The summed E-state index contributed by atoms with van der Waals surface area (Å²) in [6.45, 7) is 6.78. The number of thioether (sulfide) groups is 1. The van der Waals surface area contributed by atoms with E-state index in [9.17, 15) is 15.0 Å². The van der Waals surface area contributed by atoms with Crippen LogP contribution >= 0.6 is 11.8 Å².